The highest BCUT2D eigenvalue weighted by molar-refractivity contribution is 5.89. The summed E-state index contributed by atoms with van der Waals surface area (Å²) >= 11 is 0. The fourth-order valence-electron chi connectivity index (χ4n) is 3.04. The molecule has 1 saturated heterocycles. The Hall–Kier alpha value is -1.42. The van der Waals surface area contributed by atoms with Gasteiger partial charge in [0.2, 0.25) is 0 Å². The Balaban J connectivity index is 1.92. The van der Waals surface area contributed by atoms with Gasteiger partial charge in [0.1, 0.15) is 11.9 Å². The number of hydrogen-bond donors (Lipinski definition) is 0. The average Bonchev–Trinajstić information content (AvgIpc) is 2.43. The van der Waals surface area contributed by atoms with Gasteiger partial charge in [0.25, 0.3) is 0 Å². The molecule has 116 valence electrons. The molecule has 3 nitrogen and oxygen atoms in total. The van der Waals surface area contributed by atoms with Crippen molar-refractivity contribution in [1.82, 2.24) is 4.90 Å². The molecule has 0 aromatic heterocycles. The summed E-state index contributed by atoms with van der Waals surface area (Å²) in [6.45, 7) is 7.06. The first kappa shape index (κ1) is 16.0. The fraction of sp³-hybridized carbons (Fsp3) is 0.588. The maximum atomic E-state index is 13.1. The summed E-state index contributed by atoms with van der Waals surface area (Å²) in [5.74, 6) is -0.880. The van der Waals surface area contributed by atoms with Crippen LogP contribution in [-0.2, 0) is 4.74 Å². The van der Waals surface area contributed by atoms with E-state index in [4.69, 9.17) is 4.74 Å². The lowest BCUT2D eigenvalue weighted by Gasteiger charge is -2.40. The van der Waals surface area contributed by atoms with Crippen LogP contribution in [0.5, 0.6) is 0 Å². The van der Waals surface area contributed by atoms with Crippen molar-refractivity contribution in [2.24, 2.45) is 0 Å². The normalized spacial score (nSPS) is 24.6. The molecule has 4 heteroatoms. The molecule has 0 bridgehead atoms. The maximum absolute atomic E-state index is 13.1. The van der Waals surface area contributed by atoms with E-state index in [2.05, 4.69) is 18.7 Å². The number of carbonyl (C=O) groups excluding carboxylic acids is 1. The van der Waals surface area contributed by atoms with Gasteiger partial charge in [-0.1, -0.05) is 12.5 Å². The third kappa shape index (κ3) is 4.27. The average molecular weight is 293 g/mol. The zero-order chi connectivity index (χ0) is 15.4. The molecular weight excluding hydrogens is 269 g/mol. The largest absolute Gasteiger partial charge is 0.458 e. The second-order valence-electron chi connectivity index (χ2n) is 6.05. The van der Waals surface area contributed by atoms with E-state index in [1.807, 2.05) is 6.92 Å². The van der Waals surface area contributed by atoms with Gasteiger partial charge in [0.15, 0.2) is 0 Å². The van der Waals surface area contributed by atoms with E-state index in [1.165, 1.54) is 37.5 Å². The summed E-state index contributed by atoms with van der Waals surface area (Å²) in [4.78, 5) is 14.4. The molecule has 1 heterocycles. The van der Waals surface area contributed by atoms with Crippen LogP contribution < -0.4 is 0 Å². The minimum absolute atomic E-state index is 0.205. The molecule has 0 amide bonds. The van der Waals surface area contributed by atoms with E-state index in [0.29, 0.717) is 12.1 Å². The molecule has 0 spiro atoms. The minimum Gasteiger partial charge on any atom is -0.458 e. The zero-order valence-corrected chi connectivity index (χ0v) is 13.0. The van der Waals surface area contributed by atoms with E-state index < -0.39 is 11.8 Å². The van der Waals surface area contributed by atoms with Crippen molar-refractivity contribution in [2.45, 2.75) is 58.2 Å². The quantitative estimate of drug-likeness (QED) is 0.794. The summed E-state index contributed by atoms with van der Waals surface area (Å²) in [7, 11) is 0. The highest BCUT2D eigenvalue weighted by Crippen LogP contribution is 2.23. The molecular formula is C17H24FNO2. The lowest BCUT2D eigenvalue weighted by Crippen LogP contribution is -2.47. The van der Waals surface area contributed by atoms with Crippen LogP contribution in [0.25, 0.3) is 0 Å². The molecule has 0 aliphatic carbocycles. The molecule has 0 N–H and O–H groups in total. The number of carbonyl (C=O) groups is 1. The second-order valence-corrected chi connectivity index (χ2v) is 6.05. The lowest BCUT2D eigenvalue weighted by molar-refractivity contribution is 0.00808. The Morgan fingerprint density at radius 3 is 2.67 bits per heavy atom. The van der Waals surface area contributed by atoms with Crippen LogP contribution in [0.15, 0.2) is 24.3 Å². The number of rotatable bonds is 4. The van der Waals surface area contributed by atoms with Crippen molar-refractivity contribution < 1.29 is 13.9 Å². The van der Waals surface area contributed by atoms with Crippen LogP contribution in [0, 0.1) is 5.82 Å². The molecule has 0 radical (unpaired) electrons. The van der Waals surface area contributed by atoms with Gasteiger partial charge in [-0.25, -0.2) is 9.18 Å². The van der Waals surface area contributed by atoms with E-state index in [-0.39, 0.29) is 11.7 Å². The second kappa shape index (κ2) is 7.03. The monoisotopic (exact) mass is 293 g/mol. The third-order valence-corrected chi connectivity index (χ3v) is 4.21. The van der Waals surface area contributed by atoms with Crippen LogP contribution in [0.2, 0.25) is 0 Å². The van der Waals surface area contributed by atoms with Gasteiger partial charge in [-0.2, -0.15) is 0 Å². The summed E-state index contributed by atoms with van der Waals surface area (Å²) in [6.07, 6.45) is 3.43. The van der Waals surface area contributed by atoms with Crippen LogP contribution >= 0.6 is 0 Å². The summed E-state index contributed by atoms with van der Waals surface area (Å²) < 4.78 is 18.6. The molecule has 0 saturated carbocycles. The zero-order valence-electron chi connectivity index (χ0n) is 13.0. The lowest BCUT2D eigenvalue weighted by atomic mass is 9.97. The number of esters is 1. The van der Waals surface area contributed by atoms with Crippen molar-refractivity contribution in [2.75, 3.05) is 6.54 Å². The molecule has 1 aliphatic rings. The SMILES string of the molecule is C[C@H](CN1[C@H](C)CCC[C@@H]1C)OC(=O)c1cccc(F)c1. The van der Waals surface area contributed by atoms with E-state index >= 15 is 0 Å². The summed E-state index contributed by atoms with van der Waals surface area (Å²) in [6, 6.07) is 6.65. The molecule has 1 fully saturated rings. The third-order valence-electron chi connectivity index (χ3n) is 4.21. The highest BCUT2D eigenvalue weighted by atomic mass is 19.1. The van der Waals surface area contributed by atoms with E-state index in [9.17, 15) is 9.18 Å². The van der Waals surface area contributed by atoms with Crippen molar-refractivity contribution in [1.29, 1.82) is 0 Å². The molecule has 1 aromatic rings. The van der Waals surface area contributed by atoms with Gasteiger partial charge in [0.05, 0.1) is 5.56 Å². The Bertz CT molecular complexity index is 481. The molecule has 3 atom stereocenters. The predicted molar refractivity (Wildman–Crippen MR) is 80.8 cm³/mol. The highest BCUT2D eigenvalue weighted by Gasteiger charge is 2.27. The molecule has 0 unspecified atom stereocenters. The Kier molecular flexibility index (Phi) is 5.34. The smallest absolute Gasteiger partial charge is 0.338 e. The van der Waals surface area contributed by atoms with Crippen LogP contribution in [0.1, 0.15) is 50.4 Å². The topological polar surface area (TPSA) is 29.5 Å². The van der Waals surface area contributed by atoms with Gasteiger partial charge in [-0.15, -0.1) is 0 Å². The molecule has 21 heavy (non-hydrogen) atoms. The van der Waals surface area contributed by atoms with E-state index in [0.717, 1.165) is 6.54 Å². The van der Waals surface area contributed by atoms with Gasteiger partial charge in [-0.3, -0.25) is 4.90 Å². The number of hydrogen-bond acceptors (Lipinski definition) is 3. The number of nitrogens with zero attached hydrogens (tertiary/aromatic N) is 1. The standard InChI is InChI=1S/C17H24FNO2/c1-12-6-4-7-13(2)19(12)11-14(3)21-17(20)15-8-5-9-16(18)10-15/h5,8-10,12-14H,4,6-7,11H2,1-3H3/t12-,13+,14-/m1/s1. The maximum Gasteiger partial charge on any atom is 0.338 e. The van der Waals surface area contributed by atoms with Gasteiger partial charge >= 0.3 is 5.97 Å². The van der Waals surface area contributed by atoms with Crippen molar-refractivity contribution in [3.8, 4) is 0 Å². The van der Waals surface area contributed by atoms with Crippen molar-refractivity contribution in [3.05, 3.63) is 35.6 Å². The minimum atomic E-state index is -0.459. The molecule has 2 rings (SSSR count). The summed E-state index contributed by atoms with van der Waals surface area (Å²) in [5.41, 5.74) is 0.265. The number of piperidine rings is 1. The van der Waals surface area contributed by atoms with Crippen molar-refractivity contribution in [3.63, 3.8) is 0 Å². The first-order valence-electron chi connectivity index (χ1n) is 7.69. The number of benzene rings is 1. The van der Waals surface area contributed by atoms with Crippen LogP contribution in [0.4, 0.5) is 4.39 Å². The first-order valence-corrected chi connectivity index (χ1v) is 7.69. The summed E-state index contributed by atoms with van der Waals surface area (Å²) in [5, 5.41) is 0. The van der Waals surface area contributed by atoms with Gasteiger partial charge in [0, 0.05) is 18.6 Å². The number of halogens is 1. The number of ether oxygens (including phenoxy) is 1. The van der Waals surface area contributed by atoms with Crippen molar-refractivity contribution >= 4 is 5.97 Å². The van der Waals surface area contributed by atoms with Crippen LogP contribution in [-0.4, -0.2) is 35.6 Å². The fourth-order valence-corrected chi connectivity index (χ4v) is 3.04. The Morgan fingerprint density at radius 1 is 1.38 bits per heavy atom. The first-order chi connectivity index (χ1) is 9.97. The van der Waals surface area contributed by atoms with E-state index in [1.54, 1.807) is 6.07 Å². The predicted octanol–water partition coefficient (Wildman–Crippen LogP) is 3.63. The Morgan fingerprint density at radius 2 is 2.05 bits per heavy atom. The molecule has 1 aliphatic heterocycles. The molecule has 1 aromatic carbocycles. The number of likely N-dealkylation sites (tertiary alicyclic amines) is 1. The Labute approximate surface area is 126 Å². The van der Waals surface area contributed by atoms with Gasteiger partial charge < -0.3 is 4.74 Å². The van der Waals surface area contributed by atoms with Gasteiger partial charge in [-0.05, 0) is 51.8 Å². The van der Waals surface area contributed by atoms with Crippen LogP contribution in [0.3, 0.4) is 0 Å².